The Morgan fingerprint density at radius 1 is 1.17 bits per heavy atom. The van der Waals surface area contributed by atoms with Gasteiger partial charge in [-0.1, -0.05) is 50.1 Å². The predicted molar refractivity (Wildman–Crippen MR) is 94.7 cm³/mol. The zero-order valence-electron chi connectivity index (χ0n) is 14.7. The molecule has 1 fully saturated rings. The minimum Gasteiger partial charge on any atom is -0.445 e. The summed E-state index contributed by atoms with van der Waals surface area (Å²) in [6.45, 7) is 2.49. The largest absolute Gasteiger partial charge is 0.445 e. The second-order valence-electron chi connectivity index (χ2n) is 6.57. The monoisotopic (exact) mass is 331 g/mol. The van der Waals surface area contributed by atoms with Crippen LogP contribution in [0.2, 0.25) is 0 Å². The van der Waals surface area contributed by atoms with E-state index in [9.17, 15) is 9.59 Å². The average molecular weight is 331 g/mol. The first-order valence-electron chi connectivity index (χ1n) is 9.19. The van der Waals surface area contributed by atoms with Crippen molar-refractivity contribution < 1.29 is 14.3 Å². The van der Waals surface area contributed by atoms with Crippen molar-refractivity contribution in [1.82, 2.24) is 4.90 Å². The molecule has 24 heavy (non-hydrogen) atoms. The molecule has 1 aromatic carbocycles. The van der Waals surface area contributed by atoms with Gasteiger partial charge >= 0.3 is 6.09 Å². The van der Waals surface area contributed by atoms with Gasteiger partial charge in [-0.15, -0.1) is 0 Å². The van der Waals surface area contributed by atoms with Gasteiger partial charge in [-0.3, -0.25) is 0 Å². The number of amides is 1. The zero-order valence-corrected chi connectivity index (χ0v) is 14.7. The van der Waals surface area contributed by atoms with E-state index in [4.69, 9.17) is 4.74 Å². The van der Waals surface area contributed by atoms with Crippen LogP contribution in [0.3, 0.4) is 0 Å². The number of rotatable bonds is 9. The molecule has 0 spiro atoms. The summed E-state index contributed by atoms with van der Waals surface area (Å²) in [5, 5.41) is 0. The molecule has 132 valence electrons. The molecule has 1 aliphatic heterocycles. The number of hydrogen-bond acceptors (Lipinski definition) is 3. The van der Waals surface area contributed by atoms with E-state index in [2.05, 4.69) is 6.92 Å². The topological polar surface area (TPSA) is 46.6 Å². The van der Waals surface area contributed by atoms with Crippen molar-refractivity contribution in [1.29, 1.82) is 0 Å². The molecule has 0 radical (unpaired) electrons. The predicted octanol–water partition coefficient (Wildman–Crippen LogP) is 4.72. The zero-order chi connectivity index (χ0) is 17.2. The molecule has 0 aromatic heterocycles. The van der Waals surface area contributed by atoms with Gasteiger partial charge in [-0.2, -0.15) is 0 Å². The summed E-state index contributed by atoms with van der Waals surface area (Å²) in [4.78, 5) is 25.2. The van der Waals surface area contributed by atoms with E-state index >= 15 is 0 Å². The molecule has 0 aliphatic carbocycles. The molecule has 2 rings (SSSR count). The highest BCUT2D eigenvalue weighted by atomic mass is 16.6. The molecular weight excluding hydrogens is 302 g/mol. The summed E-state index contributed by atoms with van der Waals surface area (Å²) in [7, 11) is 0. The van der Waals surface area contributed by atoms with Crippen LogP contribution in [0.5, 0.6) is 0 Å². The summed E-state index contributed by atoms with van der Waals surface area (Å²) in [6, 6.07) is 10.3. The number of ether oxygens (including phenoxy) is 1. The molecule has 0 bridgehead atoms. The maximum absolute atomic E-state index is 12.7. The number of likely N-dealkylation sites (tertiary alicyclic amines) is 1. The lowest BCUT2D eigenvalue weighted by Crippen LogP contribution is -2.41. The van der Waals surface area contributed by atoms with Crippen LogP contribution in [-0.4, -0.2) is 29.4 Å². The van der Waals surface area contributed by atoms with Gasteiger partial charge in [0, 0.05) is 18.5 Å². The molecule has 4 nitrogen and oxygen atoms in total. The van der Waals surface area contributed by atoms with Crippen molar-refractivity contribution in [2.45, 2.75) is 77.0 Å². The molecule has 1 amide bonds. The summed E-state index contributed by atoms with van der Waals surface area (Å²) >= 11 is 0. The van der Waals surface area contributed by atoms with Gasteiger partial charge in [0.2, 0.25) is 0 Å². The summed E-state index contributed by atoms with van der Waals surface area (Å²) < 4.78 is 5.58. The van der Waals surface area contributed by atoms with E-state index in [-0.39, 0.29) is 18.2 Å². The van der Waals surface area contributed by atoms with Crippen molar-refractivity contribution in [2.75, 3.05) is 0 Å². The Kier molecular flexibility index (Phi) is 7.80. The Morgan fingerprint density at radius 3 is 2.46 bits per heavy atom. The number of nitrogens with zero attached hydrogens (tertiary/aromatic N) is 1. The van der Waals surface area contributed by atoms with Crippen molar-refractivity contribution in [3.63, 3.8) is 0 Å². The number of carbonyl (C=O) groups excluding carboxylic acids is 2. The standard InChI is InChI=1S/C20H29NO3/c1-2-3-11-18-13-14-19(12-7-8-15-22)21(18)20(23)24-16-17-9-5-4-6-10-17/h4-6,9-10,15,18-19H,2-3,7-8,11-14,16H2,1H3/t18-,19-/m1/s1. The van der Waals surface area contributed by atoms with Crippen LogP contribution in [0.25, 0.3) is 0 Å². The lowest BCUT2D eigenvalue weighted by molar-refractivity contribution is -0.107. The van der Waals surface area contributed by atoms with Crippen molar-refractivity contribution in [2.24, 2.45) is 0 Å². The van der Waals surface area contributed by atoms with Crippen LogP contribution in [0.15, 0.2) is 30.3 Å². The Balaban J connectivity index is 1.95. The molecular formula is C20H29NO3. The highest BCUT2D eigenvalue weighted by Crippen LogP contribution is 2.31. The van der Waals surface area contributed by atoms with Crippen LogP contribution < -0.4 is 0 Å². The Hall–Kier alpha value is -1.84. The van der Waals surface area contributed by atoms with E-state index in [0.717, 1.165) is 56.8 Å². The van der Waals surface area contributed by atoms with Crippen molar-refractivity contribution >= 4 is 12.4 Å². The molecule has 0 unspecified atom stereocenters. The molecule has 1 aliphatic rings. The second kappa shape index (κ2) is 10.1. The van der Waals surface area contributed by atoms with E-state index < -0.39 is 0 Å². The molecule has 4 heteroatoms. The number of hydrogen-bond donors (Lipinski definition) is 0. The fraction of sp³-hybridized carbons (Fsp3) is 0.600. The smallest absolute Gasteiger partial charge is 0.410 e. The van der Waals surface area contributed by atoms with E-state index in [0.29, 0.717) is 13.0 Å². The van der Waals surface area contributed by atoms with E-state index in [1.807, 2.05) is 35.2 Å². The molecule has 0 N–H and O–H groups in total. The van der Waals surface area contributed by atoms with Gasteiger partial charge in [0.1, 0.15) is 12.9 Å². The first-order valence-corrected chi connectivity index (χ1v) is 9.19. The van der Waals surface area contributed by atoms with Crippen molar-refractivity contribution in [3.8, 4) is 0 Å². The molecule has 2 atom stereocenters. The normalized spacial score (nSPS) is 20.1. The van der Waals surface area contributed by atoms with Crippen molar-refractivity contribution in [3.05, 3.63) is 35.9 Å². The van der Waals surface area contributed by atoms with E-state index in [1.54, 1.807) is 0 Å². The minimum atomic E-state index is -0.200. The third-order valence-electron chi connectivity index (χ3n) is 4.79. The maximum atomic E-state index is 12.7. The number of unbranched alkanes of at least 4 members (excludes halogenated alkanes) is 2. The third-order valence-corrected chi connectivity index (χ3v) is 4.79. The van der Waals surface area contributed by atoms with Crippen LogP contribution >= 0.6 is 0 Å². The minimum absolute atomic E-state index is 0.200. The lowest BCUT2D eigenvalue weighted by atomic mass is 10.1. The molecule has 1 heterocycles. The Morgan fingerprint density at radius 2 is 1.83 bits per heavy atom. The van der Waals surface area contributed by atoms with Gasteiger partial charge in [0.15, 0.2) is 0 Å². The van der Waals surface area contributed by atoms with Gasteiger partial charge in [0.05, 0.1) is 0 Å². The lowest BCUT2D eigenvalue weighted by Gasteiger charge is -2.29. The van der Waals surface area contributed by atoms with Crippen LogP contribution in [0.1, 0.15) is 63.9 Å². The Bertz CT molecular complexity index is 503. The highest BCUT2D eigenvalue weighted by Gasteiger charge is 2.36. The molecule has 1 saturated heterocycles. The third kappa shape index (κ3) is 5.36. The van der Waals surface area contributed by atoms with Crippen LogP contribution in [0.4, 0.5) is 4.79 Å². The van der Waals surface area contributed by atoms with Gasteiger partial charge in [-0.25, -0.2) is 4.79 Å². The Labute approximate surface area is 145 Å². The van der Waals surface area contributed by atoms with Gasteiger partial charge in [-0.05, 0) is 37.7 Å². The van der Waals surface area contributed by atoms with Gasteiger partial charge in [0.25, 0.3) is 0 Å². The number of benzene rings is 1. The summed E-state index contributed by atoms with van der Waals surface area (Å²) in [6.07, 6.45) is 8.45. The van der Waals surface area contributed by atoms with Gasteiger partial charge < -0.3 is 14.4 Å². The maximum Gasteiger partial charge on any atom is 0.410 e. The first kappa shape index (κ1) is 18.5. The van der Waals surface area contributed by atoms with E-state index in [1.165, 1.54) is 0 Å². The average Bonchev–Trinajstić information content (AvgIpc) is 3.02. The van der Waals surface area contributed by atoms with Crippen LogP contribution in [-0.2, 0) is 16.1 Å². The second-order valence-corrected chi connectivity index (χ2v) is 6.57. The fourth-order valence-electron chi connectivity index (χ4n) is 3.50. The number of carbonyl (C=O) groups is 2. The summed E-state index contributed by atoms with van der Waals surface area (Å²) in [5.74, 6) is 0. The fourth-order valence-corrected chi connectivity index (χ4v) is 3.50. The highest BCUT2D eigenvalue weighted by molar-refractivity contribution is 5.69. The SMILES string of the molecule is CCCC[C@@H]1CC[C@@H](CCCC=O)N1C(=O)OCc1ccccc1. The quantitative estimate of drug-likeness (QED) is 0.486. The first-order chi connectivity index (χ1) is 11.8. The summed E-state index contributed by atoms with van der Waals surface area (Å²) in [5.41, 5.74) is 1.01. The van der Waals surface area contributed by atoms with Crippen LogP contribution in [0, 0.1) is 0 Å². The number of aldehydes is 1. The molecule has 1 aromatic rings. The molecule has 0 saturated carbocycles.